The fourth-order valence-electron chi connectivity index (χ4n) is 2.93. The minimum Gasteiger partial charge on any atom is -0.494 e. The van der Waals surface area contributed by atoms with Gasteiger partial charge in [0.25, 0.3) is 0 Å². The average Bonchev–Trinajstić information content (AvgIpc) is 3.00. The Labute approximate surface area is 122 Å². The first-order valence-electron chi connectivity index (χ1n) is 6.63. The van der Waals surface area contributed by atoms with Crippen LogP contribution in [0, 0.1) is 5.82 Å². The molecule has 0 aliphatic carbocycles. The molecule has 1 aromatic heterocycles. The number of imidazole rings is 1. The van der Waals surface area contributed by atoms with Crippen LogP contribution in [0.4, 0.5) is 4.39 Å². The van der Waals surface area contributed by atoms with Crippen LogP contribution in [0.2, 0.25) is 0 Å². The summed E-state index contributed by atoms with van der Waals surface area (Å²) in [5.74, 6) is 0.953. The molecule has 1 unspecified atom stereocenters. The number of halogens is 2. The van der Waals surface area contributed by atoms with E-state index in [1.807, 2.05) is 0 Å². The van der Waals surface area contributed by atoms with Gasteiger partial charge in [-0.1, -0.05) is 0 Å². The molecule has 0 bridgehead atoms. The molecule has 1 aliphatic heterocycles. The van der Waals surface area contributed by atoms with Gasteiger partial charge in [0, 0.05) is 24.7 Å². The van der Waals surface area contributed by atoms with E-state index in [4.69, 9.17) is 16.3 Å². The van der Waals surface area contributed by atoms with E-state index in [2.05, 4.69) is 21.5 Å². The standard InChI is InChI=1S/C14H17ClFN3O/c1-18-4-3-9(8-18)19-12-6-13(20-2)10(16)5-11(12)17-14(19)7-15/h5-6,9H,3-4,7-8H2,1-2H3. The molecule has 1 atom stereocenters. The molecular formula is C14H17ClFN3O. The van der Waals surface area contributed by atoms with Crippen molar-refractivity contribution in [3.8, 4) is 5.75 Å². The number of fused-ring (bicyclic) bond motifs is 1. The van der Waals surface area contributed by atoms with Crippen LogP contribution in [0.25, 0.3) is 11.0 Å². The van der Waals surface area contributed by atoms with Crippen LogP contribution in [0.3, 0.4) is 0 Å². The van der Waals surface area contributed by atoms with E-state index >= 15 is 0 Å². The van der Waals surface area contributed by atoms with Gasteiger partial charge in [0.2, 0.25) is 0 Å². The third-order valence-electron chi connectivity index (χ3n) is 3.89. The number of aromatic nitrogens is 2. The van der Waals surface area contributed by atoms with E-state index < -0.39 is 5.82 Å². The second-order valence-corrected chi connectivity index (χ2v) is 5.48. The molecule has 1 saturated heterocycles. The molecule has 20 heavy (non-hydrogen) atoms. The topological polar surface area (TPSA) is 30.3 Å². The van der Waals surface area contributed by atoms with Gasteiger partial charge in [-0.05, 0) is 20.0 Å². The molecular weight excluding hydrogens is 281 g/mol. The highest BCUT2D eigenvalue weighted by atomic mass is 35.5. The molecule has 108 valence electrons. The van der Waals surface area contributed by atoms with E-state index in [1.54, 1.807) is 6.07 Å². The highest BCUT2D eigenvalue weighted by Crippen LogP contribution is 2.31. The van der Waals surface area contributed by atoms with Crippen molar-refractivity contribution in [2.75, 3.05) is 27.2 Å². The number of alkyl halides is 1. The van der Waals surface area contributed by atoms with Crippen LogP contribution in [0.1, 0.15) is 18.3 Å². The van der Waals surface area contributed by atoms with Crippen LogP contribution in [-0.2, 0) is 5.88 Å². The smallest absolute Gasteiger partial charge is 0.167 e. The van der Waals surface area contributed by atoms with Crippen molar-refractivity contribution in [2.24, 2.45) is 0 Å². The Morgan fingerprint density at radius 1 is 1.50 bits per heavy atom. The monoisotopic (exact) mass is 297 g/mol. The number of benzene rings is 1. The first-order chi connectivity index (χ1) is 9.63. The van der Waals surface area contributed by atoms with E-state index in [0.29, 0.717) is 17.4 Å². The van der Waals surface area contributed by atoms with E-state index in [-0.39, 0.29) is 5.75 Å². The molecule has 3 rings (SSSR count). The van der Waals surface area contributed by atoms with Gasteiger partial charge < -0.3 is 14.2 Å². The summed E-state index contributed by atoms with van der Waals surface area (Å²) in [7, 11) is 3.57. The predicted molar refractivity (Wildman–Crippen MR) is 77.0 cm³/mol. The van der Waals surface area contributed by atoms with Crippen LogP contribution in [0.15, 0.2) is 12.1 Å². The molecule has 1 aliphatic rings. The Morgan fingerprint density at radius 2 is 2.30 bits per heavy atom. The molecule has 0 amide bonds. The summed E-state index contributed by atoms with van der Waals surface area (Å²) in [6.45, 7) is 2.00. The number of rotatable bonds is 3. The van der Waals surface area contributed by atoms with Gasteiger partial charge in [-0.25, -0.2) is 9.37 Å². The molecule has 4 nitrogen and oxygen atoms in total. The van der Waals surface area contributed by atoms with Crippen molar-refractivity contribution in [1.29, 1.82) is 0 Å². The maximum atomic E-state index is 13.8. The zero-order valence-corrected chi connectivity index (χ0v) is 12.3. The first-order valence-corrected chi connectivity index (χ1v) is 7.16. The first kappa shape index (κ1) is 13.6. The minimum absolute atomic E-state index is 0.242. The molecule has 1 aromatic carbocycles. The third kappa shape index (κ3) is 2.15. The van der Waals surface area contributed by atoms with Crippen molar-refractivity contribution in [2.45, 2.75) is 18.3 Å². The normalized spacial score (nSPS) is 19.9. The third-order valence-corrected chi connectivity index (χ3v) is 4.13. The number of hydrogen-bond acceptors (Lipinski definition) is 3. The van der Waals surface area contributed by atoms with Crippen LogP contribution >= 0.6 is 11.6 Å². The molecule has 2 aromatic rings. The molecule has 2 heterocycles. The molecule has 0 saturated carbocycles. The number of nitrogens with zero attached hydrogens (tertiary/aromatic N) is 3. The molecule has 0 N–H and O–H groups in total. The number of likely N-dealkylation sites (N-methyl/N-ethyl adjacent to an activating group) is 1. The van der Waals surface area contributed by atoms with E-state index in [0.717, 1.165) is 30.9 Å². The van der Waals surface area contributed by atoms with Crippen molar-refractivity contribution < 1.29 is 9.13 Å². The number of hydrogen-bond donors (Lipinski definition) is 0. The summed E-state index contributed by atoms with van der Waals surface area (Å²) in [4.78, 5) is 6.73. The van der Waals surface area contributed by atoms with Crippen molar-refractivity contribution in [3.63, 3.8) is 0 Å². The highest BCUT2D eigenvalue weighted by Gasteiger charge is 2.25. The number of methoxy groups -OCH3 is 1. The van der Waals surface area contributed by atoms with Crippen molar-refractivity contribution >= 4 is 22.6 Å². The molecule has 0 radical (unpaired) electrons. The predicted octanol–water partition coefficient (Wildman–Crippen LogP) is 2.80. The maximum absolute atomic E-state index is 13.8. The Bertz CT molecular complexity index is 643. The summed E-state index contributed by atoms with van der Waals surface area (Å²) in [6, 6.07) is 3.46. The molecule has 1 fully saturated rings. The van der Waals surface area contributed by atoms with Crippen LogP contribution in [0.5, 0.6) is 5.75 Å². The Morgan fingerprint density at radius 3 is 2.90 bits per heavy atom. The van der Waals surface area contributed by atoms with Crippen LogP contribution < -0.4 is 4.74 Å². The lowest BCUT2D eigenvalue weighted by molar-refractivity contribution is 0.385. The van der Waals surface area contributed by atoms with Gasteiger partial charge in [-0.3, -0.25) is 0 Å². The number of ether oxygens (including phenoxy) is 1. The van der Waals surface area contributed by atoms with Crippen LogP contribution in [-0.4, -0.2) is 41.7 Å². The zero-order chi connectivity index (χ0) is 14.3. The fraction of sp³-hybridized carbons (Fsp3) is 0.500. The lowest BCUT2D eigenvalue weighted by atomic mass is 10.2. The summed E-state index contributed by atoms with van der Waals surface area (Å²) in [6.07, 6.45) is 1.05. The van der Waals surface area contributed by atoms with E-state index in [1.165, 1.54) is 13.2 Å². The SMILES string of the molecule is COc1cc2c(cc1F)nc(CCl)n2C1CCN(C)C1. The van der Waals surface area contributed by atoms with Gasteiger partial charge in [0.1, 0.15) is 5.82 Å². The Hall–Kier alpha value is -1.33. The van der Waals surface area contributed by atoms with Gasteiger partial charge in [0.15, 0.2) is 11.6 Å². The quantitative estimate of drug-likeness (QED) is 0.816. The fourth-order valence-corrected chi connectivity index (χ4v) is 3.12. The largest absolute Gasteiger partial charge is 0.494 e. The average molecular weight is 298 g/mol. The van der Waals surface area contributed by atoms with Gasteiger partial charge >= 0.3 is 0 Å². The molecule has 6 heteroatoms. The zero-order valence-electron chi connectivity index (χ0n) is 11.6. The Balaban J connectivity index is 2.17. The summed E-state index contributed by atoms with van der Waals surface area (Å²) < 4.78 is 21.0. The van der Waals surface area contributed by atoms with E-state index in [9.17, 15) is 4.39 Å². The molecule has 0 spiro atoms. The second kappa shape index (κ2) is 5.22. The highest BCUT2D eigenvalue weighted by molar-refractivity contribution is 6.16. The van der Waals surface area contributed by atoms with Gasteiger partial charge in [0.05, 0.1) is 24.0 Å². The Kier molecular flexibility index (Phi) is 3.56. The summed E-state index contributed by atoms with van der Waals surface area (Å²) in [5, 5.41) is 0. The minimum atomic E-state index is -0.394. The number of likely N-dealkylation sites (tertiary alicyclic amines) is 1. The van der Waals surface area contributed by atoms with Gasteiger partial charge in [-0.2, -0.15) is 0 Å². The lowest BCUT2D eigenvalue weighted by Gasteiger charge is -2.16. The van der Waals surface area contributed by atoms with Crippen molar-refractivity contribution in [3.05, 3.63) is 23.8 Å². The van der Waals surface area contributed by atoms with Gasteiger partial charge in [-0.15, -0.1) is 11.6 Å². The summed E-state index contributed by atoms with van der Waals surface area (Å²) >= 11 is 6.01. The van der Waals surface area contributed by atoms with Crippen molar-refractivity contribution in [1.82, 2.24) is 14.5 Å². The lowest BCUT2D eigenvalue weighted by Crippen LogP contribution is -2.17. The maximum Gasteiger partial charge on any atom is 0.167 e. The second-order valence-electron chi connectivity index (χ2n) is 5.21. The summed E-state index contributed by atoms with van der Waals surface area (Å²) in [5.41, 5.74) is 1.52.